The van der Waals surface area contributed by atoms with Crippen LogP contribution >= 0.6 is 0 Å². The predicted molar refractivity (Wildman–Crippen MR) is 66.7 cm³/mol. The molecule has 0 fully saturated rings. The zero-order valence-corrected chi connectivity index (χ0v) is 11.8. The van der Waals surface area contributed by atoms with E-state index >= 15 is 0 Å². The molecule has 0 aromatic heterocycles. The van der Waals surface area contributed by atoms with Gasteiger partial charge in [-0.1, -0.05) is 0 Å². The molecule has 10 nitrogen and oxygen atoms in total. The van der Waals surface area contributed by atoms with Gasteiger partial charge in [-0.3, -0.25) is 9.59 Å². The molecule has 0 aliphatic carbocycles. The number of carbonyl (C=O) groups is 3. The van der Waals surface area contributed by atoms with Gasteiger partial charge in [0.1, 0.15) is 6.04 Å². The van der Waals surface area contributed by atoms with E-state index in [-0.39, 0.29) is 12.8 Å². The minimum absolute atomic E-state index is 0.323. The number of primary amides is 1. The molecule has 0 radical (unpaired) electrons. The lowest BCUT2D eigenvalue weighted by molar-refractivity contribution is -0.139. The zero-order chi connectivity index (χ0) is 15.9. The molecule has 0 unspecified atom stereocenters. The number of rotatable bonds is 8. The summed E-state index contributed by atoms with van der Waals surface area (Å²) in [5.74, 6) is -2.28. The summed E-state index contributed by atoms with van der Waals surface area (Å²) in [5, 5.41) is 8.81. The minimum Gasteiger partial charge on any atom is -0.480 e. The molecule has 20 heavy (non-hydrogen) atoms. The summed E-state index contributed by atoms with van der Waals surface area (Å²) in [7, 11) is -4.43. The van der Waals surface area contributed by atoms with Crippen molar-refractivity contribution in [1.29, 1.82) is 0 Å². The smallest absolute Gasteiger partial charge is 0.422 e. The van der Waals surface area contributed by atoms with Gasteiger partial charge in [0.2, 0.25) is 5.91 Å². The Balaban J connectivity index is 4.64. The largest absolute Gasteiger partial charge is 0.480 e. The summed E-state index contributed by atoms with van der Waals surface area (Å²) in [5.41, 5.74) is 4.84. The molecule has 5 N–H and O–H groups in total. The zero-order valence-electron chi connectivity index (χ0n) is 11.0. The summed E-state index contributed by atoms with van der Waals surface area (Å²) in [6.07, 6.45) is -2.46. The highest BCUT2D eigenvalue weighted by Crippen LogP contribution is 1.99. The molecule has 11 heteroatoms. The lowest BCUT2D eigenvalue weighted by Crippen LogP contribution is -2.48. The average Bonchev–Trinajstić information content (AvgIpc) is 2.21. The fourth-order valence-corrected chi connectivity index (χ4v) is 2.00. The maximum Gasteiger partial charge on any atom is 0.422 e. The number of hydrogen-bond donors (Lipinski definition) is 4. The Morgan fingerprint density at radius 3 is 2.25 bits per heavy atom. The first-order valence-electron chi connectivity index (χ1n) is 5.55. The van der Waals surface area contributed by atoms with Gasteiger partial charge in [-0.2, -0.15) is 13.1 Å². The lowest BCUT2D eigenvalue weighted by Gasteiger charge is -2.15. The SMILES string of the molecule is CC(C)OC(=O)NS(=O)(=O)N[C@H](CCC(N)=O)C(=O)O. The van der Waals surface area contributed by atoms with Crippen LogP contribution < -0.4 is 15.2 Å². The number of aliphatic carboxylic acids is 1. The Hall–Kier alpha value is -1.88. The molecule has 0 aliphatic heterocycles. The van der Waals surface area contributed by atoms with E-state index in [1.165, 1.54) is 18.6 Å². The molecule has 0 aromatic carbocycles. The van der Waals surface area contributed by atoms with Gasteiger partial charge in [-0.25, -0.2) is 9.52 Å². The minimum atomic E-state index is -4.43. The topological polar surface area (TPSA) is 165 Å². The molecule has 0 saturated carbocycles. The first kappa shape index (κ1) is 18.1. The second-order valence-corrected chi connectivity index (χ2v) is 5.52. The Morgan fingerprint density at radius 2 is 1.85 bits per heavy atom. The van der Waals surface area contributed by atoms with Crippen LogP contribution in [0.1, 0.15) is 26.7 Å². The number of ether oxygens (including phenoxy) is 1. The van der Waals surface area contributed by atoms with Gasteiger partial charge in [0, 0.05) is 6.42 Å². The van der Waals surface area contributed by atoms with E-state index in [1.54, 1.807) is 4.72 Å². The molecule has 0 heterocycles. The van der Waals surface area contributed by atoms with Gasteiger partial charge in [-0.15, -0.1) is 0 Å². The lowest BCUT2D eigenvalue weighted by atomic mass is 10.2. The summed E-state index contributed by atoms with van der Waals surface area (Å²) in [6, 6.07) is -1.59. The molecule has 0 saturated heterocycles. The van der Waals surface area contributed by atoms with E-state index in [0.717, 1.165) is 0 Å². The van der Waals surface area contributed by atoms with E-state index in [2.05, 4.69) is 4.74 Å². The maximum atomic E-state index is 11.5. The van der Waals surface area contributed by atoms with Gasteiger partial charge >= 0.3 is 22.3 Å². The van der Waals surface area contributed by atoms with E-state index in [4.69, 9.17) is 10.8 Å². The van der Waals surface area contributed by atoms with Crippen LogP contribution in [0.5, 0.6) is 0 Å². The van der Waals surface area contributed by atoms with Crippen LogP contribution in [0, 0.1) is 0 Å². The molecule has 1 atom stereocenters. The van der Waals surface area contributed by atoms with Crippen LogP contribution in [0.4, 0.5) is 4.79 Å². The van der Waals surface area contributed by atoms with E-state index in [9.17, 15) is 22.8 Å². The van der Waals surface area contributed by atoms with Gasteiger partial charge < -0.3 is 15.6 Å². The first-order chi connectivity index (χ1) is 9.03. The second-order valence-electron chi connectivity index (χ2n) is 4.07. The van der Waals surface area contributed by atoms with Gasteiger partial charge in [0.05, 0.1) is 6.10 Å². The van der Waals surface area contributed by atoms with Crippen LogP contribution in [0.2, 0.25) is 0 Å². The number of nitrogens with one attached hydrogen (secondary N) is 2. The monoisotopic (exact) mass is 311 g/mol. The van der Waals surface area contributed by atoms with Crippen molar-refractivity contribution in [3.8, 4) is 0 Å². The number of nitrogens with two attached hydrogens (primary N) is 1. The number of carboxylic acid groups (broad SMARTS) is 1. The summed E-state index contributed by atoms with van der Waals surface area (Å²) >= 11 is 0. The first-order valence-corrected chi connectivity index (χ1v) is 7.03. The number of carboxylic acids is 1. The molecule has 0 rings (SSSR count). The third kappa shape index (κ3) is 8.26. The van der Waals surface area contributed by atoms with Crippen LogP contribution in [-0.4, -0.2) is 43.6 Å². The number of hydrogen-bond acceptors (Lipinski definition) is 6. The van der Waals surface area contributed by atoms with Crippen molar-refractivity contribution in [2.24, 2.45) is 5.73 Å². The summed E-state index contributed by atoms with van der Waals surface area (Å²) < 4.78 is 30.7. The number of carbonyl (C=O) groups excluding carboxylic acids is 2. The van der Waals surface area contributed by atoms with E-state index < -0.39 is 40.3 Å². The third-order valence-electron chi connectivity index (χ3n) is 1.84. The molecular weight excluding hydrogens is 294 g/mol. The van der Waals surface area contributed by atoms with Crippen molar-refractivity contribution in [2.75, 3.05) is 0 Å². The van der Waals surface area contributed by atoms with Gasteiger partial charge in [-0.05, 0) is 20.3 Å². The van der Waals surface area contributed by atoms with Crippen LogP contribution in [0.15, 0.2) is 0 Å². The molecule has 0 aliphatic rings. The summed E-state index contributed by atoms with van der Waals surface area (Å²) in [4.78, 5) is 32.5. The standard InChI is InChI=1S/C9H17N3O7S/c1-5(2)19-9(16)12-20(17,18)11-6(8(14)15)3-4-7(10)13/h5-6,11H,3-4H2,1-2H3,(H2,10,13)(H,12,16)(H,14,15)/t6-/m1/s1. The van der Waals surface area contributed by atoms with E-state index in [1.807, 2.05) is 0 Å². The maximum absolute atomic E-state index is 11.5. The third-order valence-corrected chi connectivity index (χ3v) is 2.87. The van der Waals surface area contributed by atoms with E-state index in [0.29, 0.717) is 0 Å². The summed E-state index contributed by atoms with van der Waals surface area (Å²) in [6.45, 7) is 3.01. The molecule has 0 spiro atoms. The van der Waals surface area contributed by atoms with Crippen molar-refractivity contribution in [2.45, 2.75) is 38.8 Å². The highest BCUT2D eigenvalue weighted by atomic mass is 32.2. The Kier molecular flexibility index (Phi) is 6.93. The Labute approximate surface area is 115 Å². The second kappa shape index (κ2) is 7.65. The molecule has 0 bridgehead atoms. The normalized spacial score (nSPS) is 12.8. The molecule has 2 amide bonds. The van der Waals surface area contributed by atoms with Gasteiger partial charge in [0.15, 0.2) is 0 Å². The Bertz CT molecular complexity index is 474. The van der Waals surface area contributed by atoms with Crippen molar-refractivity contribution < 1.29 is 32.6 Å². The van der Waals surface area contributed by atoms with Crippen molar-refractivity contribution in [1.82, 2.24) is 9.44 Å². The fraction of sp³-hybridized carbons (Fsp3) is 0.667. The Morgan fingerprint density at radius 1 is 1.30 bits per heavy atom. The molecular formula is C9H17N3O7S. The van der Waals surface area contributed by atoms with Crippen LogP contribution in [0.25, 0.3) is 0 Å². The average molecular weight is 311 g/mol. The van der Waals surface area contributed by atoms with Crippen molar-refractivity contribution >= 4 is 28.2 Å². The predicted octanol–water partition coefficient (Wildman–Crippen LogP) is -1.33. The molecule has 0 aromatic rings. The quantitative estimate of drug-likeness (QED) is 0.431. The highest BCUT2D eigenvalue weighted by Gasteiger charge is 2.26. The fourth-order valence-electron chi connectivity index (χ4n) is 1.08. The van der Waals surface area contributed by atoms with Crippen molar-refractivity contribution in [3.63, 3.8) is 0 Å². The number of amides is 2. The van der Waals surface area contributed by atoms with Crippen molar-refractivity contribution in [3.05, 3.63) is 0 Å². The molecule has 116 valence electrons. The highest BCUT2D eigenvalue weighted by molar-refractivity contribution is 7.88. The van der Waals surface area contributed by atoms with Crippen LogP contribution in [-0.2, 0) is 24.5 Å². The van der Waals surface area contributed by atoms with Crippen LogP contribution in [0.3, 0.4) is 0 Å². The van der Waals surface area contributed by atoms with Gasteiger partial charge in [0.25, 0.3) is 0 Å².